The summed E-state index contributed by atoms with van der Waals surface area (Å²) in [5.41, 5.74) is -0.504. The lowest BCUT2D eigenvalue weighted by Gasteiger charge is -2.22. The van der Waals surface area contributed by atoms with Crippen molar-refractivity contribution in [2.24, 2.45) is 11.8 Å². The van der Waals surface area contributed by atoms with Crippen molar-refractivity contribution in [1.29, 1.82) is 0 Å². The minimum Gasteiger partial charge on any atom is -0.390 e. The molecule has 2 aliphatic rings. The molecule has 2 fully saturated rings. The third-order valence-corrected chi connectivity index (χ3v) is 3.50. The summed E-state index contributed by atoms with van der Waals surface area (Å²) >= 11 is 0. The fourth-order valence-corrected chi connectivity index (χ4v) is 2.57. The molecule has 0 aliphatic carbocycles. The topological polar surface area (TPSA) is 35.5 Å². The maximum absolute atomic E-state index is 9.64. The van der Waals surface area contributed by atoms with Crippen LogP contribution in [0, 0.1) is 11.8 Å². The molecule has 0 spiro atoms. The zero-order chi connectivity index (χ0) is 10.2. The molecule has 0 aromatic carbocycles. The van der Waals surface area contributed by atoms with E-state index in [-0.39, 0.29) is 0 Å². The van der Waals surface area contributed by atoms with Gasteiger partial charge in [0.05, 0.1) is 5.60 Å². The third-order valence-electron chi connectivity index (χ3n) is 3.50. The van der Waals surface area contributed by atoms with Crippen LogP contribution in [0.15, 0.2) is 0 Å². The van der Waals surface area contributed by atoms with Crippen LogP contribution >= 0.6 is 0 Å². The molecular formula is C11H22N2O. The van der Waals surface area contributed by atoms with E-state index in [1.54, 1.807) is 0 Å². The van der Waals surface area contributed by atoms with Gasteiger partial charge in [-0.1, -0.05) is 0 Å². The van der Waals surface area contributed by atoms with Crippen LogP contribution in [-0.4, -0.2) is 48.3 Å². The molecule has 2 saturated heterocycles. The van der Waals surface area contributed by atoms with Gasteiger partial charge in [-0.05, 0) is 45.2 Å². The van der Waals surface area contributed by atoms with Crippen molar-refractivity contribution in [1.82, 2.24) is 10.2 Å². The number of rotatable bonds is 3. The summed E-state index contributed by atoms with van der Waals surface area (Å²) in [6.07, 6.45) is 0.889. The summed E-state index contributed by atoms with van der Waals surface area (Å²) in [6, 6.07) is 0. The molecule has 2 N–H and O–H groups in total. The molecule has 2 unspecified atom stereocenters. The lowest BCUT2D eigenvalue weighted by Crippen LogP contribution is -2.31. The lowest BCUT2D eigenvalue weighted by molar-refractivity contribution is 0.0597. The van der Waals surface area contributed by atoms with Gasteiger partial charge in [-0.3, -0.25) is 0 Å². The van der Waals surface area contributed by atoms with E-state index in [2.05, 4.69) is 10.2 Å². The number of nitrogens with one attached hydrogen (secondary N) is 1. The van der Waals surface area contributed by atoms with E-state index >= 15 is 0 Å². The SMILES string of the molecule is CC(C)(O)CCN1CC2CNCC2C1. The second kappa shape index (κ2) is 3.80. The predicted octanol–water partition coefficient (Wildman–Crippen LogP) is 0.299. The van der Waals surface area contributed by atoms with E-state index < -0.39 is 5.60 Å². The molecule has 0 bridgehead atoms. The highest BCUT2D eigenvalue weighted by atomic mass is 16.3. The van der Waals surface area contributed by atoms with Crippen molar-refractivity contribution in [3.8, 4) is 0 Å². The quantitative estimate of drug-likeness (QED) is 0.684. The highest BCUT2D eigenvalue weighted by Gasteiger charge is 2.35. The molecule has 2 atom stereocenters. The fraction of sp³-hybridized carbons (Fsp3) is 1.00. The second-order valence-electron chi connectivity index (χ2n) is 5.50. The van der Waals surface area contributed by atoms with E-state index in [0.29, 0.717) is 0 Å². The summed E-state index contributed by atoms with van der Waals surface area (Å²) in [4.78, 5) is 2.51. The van der Waals surface area contributed by atoms with Gasteiger partial charge in [0.2, 0.25) is 0 Å². The summed E-state index contributed by atoms with van der Waals surface area (Å²) < 4.78 is 0. The van der Waals surface area contributed by atoms with Gasteiger partial charge in [0.25, 0.3) is 0 Å². The van der Waals surface area contributed by atoms with Crippen LogP contribution < -0.4 is 5.32 Å². The molecule has 82 valence electrons. The molecule has 0 amide bonds. The van der Waals surface area contributed by atoms with Gasteiger partial charge in [0.15, 0.2) is 0 Å². The number of nitrogens with zero attached hydrogens (tertiary/aromatic N) is 1. The van der Waals surface area contributed by atoms with Gasteiger partial charge in [-0.2, -0.15) is 0 Å². The molecule has 2 heterocycles. The van der Waals surface area contributed by atoms with Crippen molar-refractivity contribution in [2.45, 2.75) is 25.9 Å². The predicted molar refractivity (Wildman–Crippen MR) is 57.2 cm³/mol. The molecule has 2 rings (SSSR count). The first kappa shape index (κ1) is 10.4. The number of hydrogen-bond donors (Lipinski definition) is 2. The second-order valence-corrected chi connectivity index (χ2v) is 5.50. The van der Waals surface area contributed by atoms with Gasteiger partial charge < -0.3 is 15.3 Å². The Bertz CT molecular complexity index is 188. The first-order valence-corrected chi connectivity index (χ1v) is 5.70. The summed E-state index contributed by atoms with van der Waals surface area (Å²) in [5.74, 6) is 1.74. The van der Waals surface area contributed by atoms with Crippen LogP contribution in [0.2, 0.25) is 0 Å². The molecule has 14 heavy (non-hydrogen) atoms. The number of fused-ring (bicyclic) bond motifs is 1. The van der Waals surface area contributed by atoms with E-state index in [1.807, 2.05) is 13.8 Å². The highest BCUT2D eigenvalue weighted by Crippen LogP contribution is 2.26. The summed E-state index contributed by atoms with van der Waals surface area (Å²) in [6.45, 7) is 9.70. The van der Waals surface area contributed by atoms with Gasteiger partial charge >= 0.3 is 0 Å². The maximum atomic E-state index is 9.64. The fourth-order valence-electron chi connectivity index (χ4n) is 2.57. The Labute approximate surface area is 86.5 Å². The summed E-state index contributed by atoms with van der Waals surface area (Å²) in [5, 5.41) is 13.1. The monoisotopic (exact) mass is 198 g/mol. The Morgan fingerprint density at radius 3 is 2.36 bits per heavy atom. The Morgan fingerprint density at radius 1 is 1.29 bits per heavy atom. The minimum absolute atomic E-state index is 0.504. The van der Waals surface area contributed by atoms with Gasteiger partial charge in [0.1, 0.15) is 0 Å². The molecule has 0 aromatic rings. The van der Waals surface area contributed by atoms with Crippen molar-refractivity contribution >= 4 is 0 Å². The first-order valence-electron chi connectivity index (χ1n) is 5.70. The Balaban J connectivity index is 1.74. The van der Waals surface area contributed by atoms with Crippen molar-refractivity contribution in [3.63, 3.8) is 0 Å². The van der Waals surface area contributed by atoms with E-state index in [1.165, 1.54) is 26.2 Å². The molecule has 3 heteroatoms. The molecular weight excluding hydrogens is 176 g/mol. The van der Waals surface area contributed by atoms with Crippen LogP contribution in [0.1, 0.15) is 20.3 Å². The Kier molecular flexibility index (Phi) is 2.82. The molecule has 0 radical (unpaired) electrons. The normalized spacial score (nSPS) is 33.6. The summed E-state index contributed by atoms with van der Waals surface area (Å²) in [7, 11) is 0. The first-order chi connectivity index (χ1) is 6.54. The molecule has 0 saturated carbocycles. The van der Waals surface area contributed by atoms with E-state index in [9.17, 15) is 5.11 Å². The zero-order valence-corrected chi connectivity index (χ0v) is 9.29. The minimum atomic E-state index is -0.504. The molecule has 2 aliphatic heterocycles. The average Bonchev–Trinajstić information content (AvgIpc) is 2.56. The van der Waals surface area contributed by atoms with Crippen LogP contribution in [0.5, 0.6) is 0 Å². The van der Waals surface area contributed by atoms with Crippen LogP contribution in [-0.2, 0) is 0 Å². The number of hydrogen-bond acceptors (Lipinski definition) is 3. The van der Waals surface area contributed by atoms with Gasteiger partial charge in [-0.15, -0.1) is 0 Å². The highest BCUT2D eigenvalue weighted by molar-refractivity contribution is 4.91. The number of aliphatic hydroxyl groups is 1. The van der Waals surface area contributed by atoms with Crippen LogP contribution in [0.4, 0.5) is 0 Å². The van der Waals surface area contributed by atoms with E-state index in [4.69, 9.17) is 0 Å². The smallest absolute Gasteiger partial charge is 0.0603 e. The van der Waals surface area contributed by atoms with Crippen molar-refractivity contribution in [2.75, 3.05) is 32.7 Å². The zero-order valence-electron chi connectivity index (χ0n) is 9.29. The van der Waals surface area contributed by atoms with Gasteiger partial charge in [-0.25, -0.2) is 0 Å². The molecule has 3 nitrogen and oxygen atoms in total. The van der Waals surface area contributed by atoms with Gasteiger partial charge in [0, 0.05) is 19.6 Å². The maximum Gasteiger partial charge on any atom is 0.0603 e. The standard InChI is InChI=1S/C11H22N2O/c1-11(2,14)3-4-13-7-9-5-12-6-10(9)8-13/h9-10,12,14H,3-8H2,1-2H3. The third kappa shape index (κ3) is 2.47. The lowest BCUT2D eigenvalue weighted by atomic mass is 10.0. The average molecular weight is 198 g/mol. The Hall–Kier alpha value is -0.120. The van der Waals surface area contributed by atoms with Crippen LogP contribution in [0.25, 0.3) is 0 Å². The van der Waals surface area contributed by atoms with Crippen LogP contribution in [0.3, 0.4) is 0 Å². The number of likely N-dealkylation sites (tertiary alicyclic amines) is 1. The van der Waals surface area contributed by atoms with Crippen molar-refractivity contribution in [3.05, 3.63) is 0 Å². The van der Waals surface area contributed by atoms with E-state index in [0.717, 1.165) is 24.8 Å². The Morgan fingerprint density at radius 2 is 1.86 bits per heavy atom. The molecule has 0 aromatic heterocycles. The van der Waals surface area contributed by atoms with Crippen molar-refractivity contribution < 1.29 is 5.11 Å². The largest absolute Gasteiger partial charge is 0.390 e.